The SMILES string of the molecule is C[C@@H](c1cc[cH-]c1P(c1cc(C(F)(F)F)cc(C(F)(F)F)c1)c1cc(C(F)(F)F)cc(C(F)(F)F)c1)P(C1CCCCC1)C1CCCCC1.[Fe+2].c1cc[cH-]c1. The van der Waals surface area contributed by atoms with Crippen LogP contribution in [-0.2, 0) is 41.8 Å². The van der Waals surface area contributed by atoms with E-state index in [1.54, 1.807) is 12.1 Å². The molecule has 0 bridgehead atoms. The maximum absolute atomic E-state index is 14.1. The van der Waals surface area contributed by atoms with E-state index in [1.807, 2.05) is 37.3 Å². The smallest absolute Gasteiger partial charge is 0.214 e. The molecule has 2 aliphatic carbocycles. The zero-order chi connectivity index (χ0) is 39.5. The second-order valence-electron chi connectivity index (χ2n) is 13.9. The molecule has 302 valence electrons. The van der Waals surface area contributed by atoms with E-state index in [2.05, 4.69) is 0 Å². The molecule has 0 radical (unpaired) electrons. The largest absolute Gasteiger partial charge is 2.00 e. The summed E-state index contributed by atoms with van der Waals surface area (Å²) in [6.45, 7) is 1.96. The number of hydrogen-bond acceptors (Lipinski definition) is 0. The van der Waals surface area contributed by atoms with Crippen molar-refractivity contribution in [2.45, 2.75) is 113 Å². The van der Waals surface area contributed by atoms with Crippen molar-refractivity contribution in [3.63, 3.8) is 0 Å². The van der Waals surface area contributed by atoms with Crippen LogP contribution in [-0.4, -0.2) is 11.3 Å². The third kappa shape index (κ3) is 11.6. The first kappa shape index (κ1) is 45.4. The molecule has 1 atom stereocenters. The van der Waals surface area contributed by atoms with Gasteiger partial charge in [0.1, 0.15) is 0 Å². The Bertz CT molecular complexity index is 1600. The fourth-order valence-corrected chi connectivity index (χ4v) is 14.8. The number of rotatable bonds is 7. The van der Waals surface area contributed by atoms with Gasteiger partial charge in [0.05, 0.1) is 22.3 Å². The Hall–Kier alpha value is -2.32. The Morgan fingerprint density at radius 2 is 0.909 bits per heavy atom. The third-order valence-corrected chi connectivity index (χ3v) is 16.5. The maximum Gasteiger partial charge on any atom is 2.00 e. The summed E-state index contributed by atoms with van der Waals surface area (Å²) in [5.41, 5.74) is -5.75. The standard InChI is InChI=1S/C35H35F12P2.C5H5.Fe/c1-21(48(26-9-4-2-5-10-26)27-11-6-3-7-12-27)30-13-8-14-31(30)49(28-17-22(32(36,37)38)15-23(18-28)33(39,40)41)29-19-24(34(42,43)44)16-25(20-29)35(45,46)47;1-2-4-5-3-1;/h8,13-21,26-27H,2-7,9-12H2,1H3;1-5H;/q2*-1;+2/t21-;;/m0../s1. The van der Waals surface area contributed by atoms with Gasteiger partial charge in [-0.25, -0.2) is 18.2 Å². The Labute approximate surface area is 326 Å². The predicted octanol–water partition coefficient (Wildman–Crippen LogP) is 13.9. The van der Waals surface area contributed by atoms with Gasteiger partial charge in [-0.05, 0) is 91.9 Å². The number of halogens is 12. The maximum atomic E-state index is 14.1. The van der Waals surface area contributed by atoms with E-state index in [4.69, 9.17) is 0 Å². The first-order valence-electron chi connectivity index (χ1n) is 17.8. The van der Waals surface area contributed by atoms with Crippen LogP contribution in [0.25, 0.3) is 0 Å². The number of alkyl halides is 12. The molecule has 0 aromatic heterocycles. The monoisotopic (exact) mass is 866 g/mol. The summed E-state index contributed by atoms with van der Waals surface area (Å²) in [5, 5.41) is -1.10. The van der Waals surface area contributed by atoms with Gasteiger partial charge in [-0.15, -0.1) is 13.2 Å². The summed E-state index contributed by atoms with van der Waals surface area (Å²) >= 11 is 0. The van der Waals surface area contributed by atoms with Crippen molar-refractivity contribution in [1.82, 2.24) is 0 Å². The molecule has 0 aliphatic heterocycles. The molecule has 0 heterocycles. The normalized spacial score (nSPS) is 17.1. The van der Waals surface area contributed by atoms with E-state index < -0.39 is 73.4 Å². The zero-order valence-corrected chi connectivity index (χ0v) is 32.6. The third-order valence-electron chi connectivity index (χ3n) is 10.2. The van der Waals surface area contributed by atoms with Gasteiger partial charge in [0.15, 0.2) is 0 Å². The Morgan fingerprint density at radius 1 is 0.545 bits per heavy atom. The zero-order valence-electron chi connectivity index (χ0n) is 29.7. The fourth-order valence-electron chi connectivity index (χ4n) is 7.71. The topological polar surface area (TPSA) is 0 Å². The average Bonchev–Trinajstić information content (AvgIpc) is 3.84. The van der Waals surface area contributed by atoms with Gasteiger partial charge in [0.2, 0.25) is 0 Å². The van der Waals surface area contributed by atoms with Gasteiger partial charge in [-0.3, -0.25) is 0 Å². The molecule has 2 fully saturated rings. The van der Waals surface area contributed by atoms with Crippen molar-refractivity contribution >= 4 is 31.8 Å². The van der Waals surface area contributed by atoms with Gasteiger partial charge < -0.3 is 0 Å². The van der Waals surface area contributed by atoms with Gasteiger partial charge in [0.25, 0.3) is 0 Å². The molecule has 0 nitrogen and oxygen atoms in total. The number of benzene rings is 2. The molecule has 2 aliphatic rings. The van der Waals surface area contributed by atoms with Crippen LogP contribution in [0.1, 0.15) is 105 Å². The summed E-state index contributed by atoms with van der Waals surface area (Å²) in [7, 11) is -3.56. The quantitative estimate of drug-likeness (QED) is 0.0751. The van der Waals surface area contributed by atoms with Crippen molar-refractivity contribution < 1.29 is 69.8 Å². The molecule has 0 unspecified atom stereocenters. The first-order chi connectivity index (χ1) is 25.2. The average molecular weight is 867 g/mol. The molecule has 55 heavy (non-hydrogen) atoms. The Kier molecular flexibility index (Phi) is 15.3. The van der Waals surface area contributed by atoms with E-state index >= 15 is 0 Å². The summed E-state index contributed by atoms with van der Waals surface area (Å²) in [6, 6.07) is 16.2. The molecule has 2 saturated carbocycles. The van der Waals surface area contributed by atoms with E-state index in [0.717, 1.165) is 64.2 Å². The van der Waals surface area contributed by atoms with Crippen LogP contribution >= 0.6 is 15.8 Å². The molecule has 0 N–H and O–H groups in total. The van der Waals surface area contributed by atoms with Gasteiger partial charge in [-0.1, -0.05) is 51.1 Å². The van der Waals surface area contributed by atoms with E-state index in [-0.39, 0.29) is 40.2 Å². The minimum atomic E-state index is -5.28. The van der Waals surface area contributed by atoms with E-state index in [9.17, 15) is 52.7 Å². The summed E-state index contributed by atoms with van der Waals surface area (Å²) in [5.74, 6) is 0. The molecule has 0 saturated heterocycles. The predicted molar refractivity (Wildman–Crippen MR) is 192 cm³/mol. The molecule has 15 heteroatoms. The van der Waals surface area contributed by atoms with Crippen molar-refractivity contribution in [2.24, 2.45) is 0 Å². The fraction of sp³-hybridized carbons (Fsp3) is 0.450. The molecular formula is C40H40F12FeP2. The minimum absolute atomic E-state index is 0. The van der Waals surface area contributed by atoms with Crippen molar-refractivity contribution in [2.75, 3.05) is 0 Å². The van der Waals surface area contributed by atoms with Crippen LogP contribution in [0.15, 0.2) is 84.9 Å². The van der Waals surface area contributed by atoms with Crippen LogP contribution in [0.2, 0.25) is 0 Å². The Balaban J connectivity index is 0.00000104. The van der Waals surface area contributed by atoms with Crippen molar-refractivity contribution in [1.29, 1.82) is 0 Å². The molecule has 4 aromatic carbocycles. The molecule has 4 aromatic rings. The summed E-state index contributed by atoms with van der Waals surface area (Å²) in [6.07, 6.45) is -10.9. The van der Waals surface area contributed by atoms with Gasteiger partial charge >= 0.3 is 41.8 Å². The molecule has 0 spiro atoms. The van der Waals surface area contributed by atoms with Crippen molar-refractivity contribution in [3.8, 4) is 0 Å². The first-order valence-corrected chi connectivity index (χ1v) is 20.7. The van der Waals surface area contributed by atoms with Crippen LogP contribution in [0, 0.1) is 0 Å². The number of hydrogen-bond donors (Lipinski definition) is 0. The molecular weight excluding hydrogens is 826 g/mol. The van der Waals surface area contributed by atoms with Crippen LogP contribution in [0.3, 0.4) is 0 Å². The van der Waals surface area contributed by atoms with Gasteiger partial charge in [0, 0.05) is 0 Å². The minimum Gasteiger partial charge on any atom is -0.214 e. The van der Waals surface area contributed by atoms with E-state index in [1.165, 1.54) is 6.07 Å². The molecule has 6 rings (SSSR count). The van der Waals surface area contributed by atoms with Crippen LogP contribution in [0.4, 0.5) is 52.7 Å². The summed E-state index contributed by atoms with van der Waals surface area (Å²) < 4.78 is 169. The van der Waals surface area contributed by atoms with Crippen molar-refractivity contribution in [3.05, 3.63) is 113 Å². The summed E-state index contributed by atoms with van der Waals surface area (Å²) in [4.78, 5) is 0. The van der Waals surface area contributed by atoms with Gasteiger partial charge in [-0.2, -0.15) is 88.6 Å². The Morgan fingerprint density at radius 3 is 1.22 bits per heavy atom. The molecule has 0 amide bonds. The van der Waals surface area contributed by atoms with Crippen LogP contribution < -0.4 is 15.9 Å². The second kappa shape index (κ2) is 18.5. The van der Waals surface area contributed by atoms with Crippen LogP contribution in [0.5, 0.6) is 0 Å². The second-order valence-corrected chi connectivity index (χ2v) is 19.2. The van der Waals surface area contributed by atoms with E-state index in [0.29, 0.717) is 41.1 Å².